The van der Waals surface area contributed by atoms with Crippen molar-refractivity contribution in [1.82, 2.24) is 14.5 Å². The topological polar surface area (TPSA) is 74.7 Å². The first-order valence-corrected chi connectivity index (χ1v) is 11.5. The Kier molecular flexibility index (Phi) is 6.68. The van der Waals surface area contributed by atoms with Gasteiger partial charge in [-0.25, -0.2) is 10.2 Å². The molecule has 6 aromatic rings. The number of fused-ring (bicyclic) bond motifs is 1. The van der Waals surface area contributed by atoms with E-state index < -0.39 is 0 Å². The molecule has 0 radical (unpaired) electrons. The summed E-state index contributed by atoms with van der Waals surface area (Å²) in [5, 5.41) is 20.6. The Hall–Kier alpha value is -4.52. The zero-order valence-electron chi connectivity index (χ0n) is 19.4. The van der Waals surface area contributed by atoms with Crippen LogP contribution in [0.2, 0.25) is 0 Å². The minimum atomic E-state index is 0. The molecule has 2 heterocycles. The number of phenolic OH excluding ortho intramolecular Hbond substituents is 1. The molecular formula is C31H19N4OPt-. The molecule has 37 heavy (non-hydrogen) atoms. The van der Waals surface area contributed by atoms with Gasteiger partial charge in [0.05, 0.1) is 22.7 Å². The molecule has 180 valence electrons. The van der Waals surface area contributed by atoms with Crippen molar-refractivity contribution in [3.63, 3.8) is 0 Å². The Bertz CT molecular complexity index is 1760. The third kappa shape index (κ3) is 4.33. The first-order valence-electron chi connectivity index (χ1n) is 11.5. The Balaban J connectivity index is 0.00000280. The molecule has 0 unspecified atom stereocenters. The number of aromatic nitrogens is 3. The maximum Gasteiger partial charge on any atom is 0.148 e. The van der Waals surface area contributed by atoms with Gasteiger partial charge in [0.25, 0.3) is 0 Å². The van der Waals surface area contributed by atoms with Crippen LogP contribution in [-0.4, -0.2) is 19.6 Å². The summed E-state index contributed by atoms with van der Waals surface area (Å²) in [5.74, 6) is 0.758. The summed E-state index contributed by atoms with van der Waals surface area (Å²) in [6, 6.07) is 38.1. The summed E-state index contributed by atoms with van der Waals surface area (Å²) < 4.78 is 2.03. The number of phenols is 1. The van der Waals surface area contributed by atoms with Crippen LogP contribution in [0.1, 0.15) is 5.56 Å². The molecule has 6 rings (SSSR count). The molecule has 0 saturated heterocycles. The number of aromatic hydroxyl groups is 1. The van der Waals surface area contributed by atoms with Crippen molar-refractivity contribution in [1.29, 1.82) is 5.26 Å². The normalized spacial score (nSPS) is 10.6. The van der Waals surface area contributed by atoms with E-state index >= 15 is 0 Å². The number of para-hydroxylation sites is 3. The standard InChI is InChI=1S/C31H19N4O.Pt/c32-20-22-17-16-21(27-13-6-7-18-33-27)19-26(22)24-12-8-14-28-30(24)34-31(25-11-4-5-15-29(25)36)35(28)23-9-2-1-3-10-23;/h1-18,36H;/q-1;. The second kappa shape index (κ2) is 10.2. The maximum atomic E-state index is 10.7. The molecule has 0 saturated carbocycles. The van der Waals surface area contributed by atoms with Crippen molar-refractivity contribution >= 4 is 11.0 Å². The molecule has 6 heteroatoms. The van der Waals surface area contributed by atoms with Gasteiger partial charge in [0.1, 0.15) is 11.6 Å². The van der Waals surface area contributed by atoms with Gasteiger partial charge in [-0.15, -0.1) is 18.2 Å². The van der Waals surface area contributed by atoms with Crippen LogP contribution in [0.25, 0.3) is 50.5 Å². The largest absolute Gasteiger partial charge is 0.507 e. The van der Waals surface area contributed by atoms with Crippen LogP contribution in [-0.2, 0) is 21.1 Å². The Morgan fingerprint density at radius 3 is 2.30 bits per heavy atom. The minimum absolute atomic E-state index is 0. The van der Waals surface area contributed by atoms with E-state index in [2.05, 4.69) is 17.1 Å². The fraction of sp³-hybridized carbons (Fsp3) is 0. The molecule has 0 atom stereocenters. The van der Waals surface area contributed by atoms with Crippen molar-refractivity contribution in [2.75, 3.05) is 0 Å². The van der Waals surface area contributed by atoms with E-state index in [1.165, 1.54) is 0 Å². The summed E-state index contributed by atoms with van der Waals surface area (Å²) in [7, 11) is 0. The predicted molar refractivity (Wildman–Crippen MR) is 140 cm³/mol. The van der Waals surface area contributed by atoms with Gasteiger partial charge >= 0.3 is 0 Å². The van der Waals surface area contributed by atoms with E-state index in [0.29, 0.717) is 28.0 Å². The zero-order valence-corrected chi connectivity index (χ0v) is 21.7. The van der Waals surface area contributed by atoms with Gasteiger partial charge in [0, 0.05) is 38.6 Å². The number of nitriles is 1. The molecule has 0 fully saturated rings. The Morgan fingerprint density at radius 2 is 1.54 bits per heavy atom. The van der Waals surface area contributed by atoms with Gasteiger partial charge in [-0.1, -0.05) is 71.3 Å². The van der Waals surface area contributed by atoms with Gasteiger partial charge in [-0.3, -0.25) is 9.55 Å². The summed E-state index contributed by atoms with van der Waals surface area (Å²) >= 11 is 0. The van der Waals surface area contributed by atoms with Gasteiger partial charge in [0.2, 0.25) is 0 Å². The molecule has 0 aliphatic rings. The molecule has 1 N–H and O–H groups in total. The summed E-state index contributed by atoms with van der Waals surface area (Å²) in [5.41, 5.74) is 6.63. The zero-order chi connectivity index (χ0) is 24.5. The number of hydrogen-bond acceptors (Lipinski definition) is 4. The number of benzene rings is 4. The van der Waals surface area contributed by atoms with Gasteiger partial charge in [0.15, 0.2) is 0 Å². The fourth-order valence-electron chi connectivity index (χ4n) is 4.45. The van der Waals surface area contributed by atoms with Crippen molar-refractivity contribution in [2.45, 2.75) is 0 Å². The SMILES string of the molecule is N#Cc1ccc(-c2ccccn2)[c-]c1-c1cccc2c1nc(-c1ccccc1O)n2-c1ccccc1.[Pt]. The number of pyridine rings is 1. The molecular weight excluding hydrogens is 639 g/mol. The first kappa shape index (κ1) is 24.2. The molecule has 0 aliphatic heterocycles. The van der Waals surface area contributed by atoms with Crippen molar-refractivity contribution < 1.29 is 26.2 Å². The minimum Gasteiger partial charge on any atom is -0.507 e. The number of hydrogen-bond donors (Lipinski definition) is 1. The van der Waals surface area contributed by atoms with E-state index in [1.807, 2.05) is 89.5 Å². The monoisotopic (exact) mass is 658 g/mol. The molecule has 5 nitrogen and oxygen atoms in total. The molecule has 4 aromatic carbocycles. The smallest absolute Gasteiger partial charge is 0.148 e. The molecule has 0 spiro atoms. The average Bonchev–Trinajstić information content (AvgIpc) is 3.33. The van der Waals surface area contributed by atoms with Crippen LogP contribution < -0.4 is 0 Å². The third-order valence-electron chi connectivity index (χ3n) is 6.12. The van der Waals surface area contributed by atoms with E-state index in [1.54, 1.807) is 24.4 Å². The Labute approximate surface area is 228 Å². The first-order chi connectivity index (χ1) is 17.7. The van der Waals surface area contributed by atoms with E-state index in [-0.39, 0.29) is 26.8 Å². The predicted octanol–water partition coefficient (Wildman–Crippen LogP) is 6.80. The average molecular weight is 659 g/mol. The molecule has 2 aromatic heterocycles. The van der Waals surface area contributed by atoms with E-state index in [4.69, 9.17) is 4.98 Å². The summed E-state index contributed by atoms with van der Waals surface area (Å²) in [4.78, 5) is 9.48. The van der Waals surface area contributed by atoms with Gasteiger partial charge in [-0.05, 0) is 42.0 Å². The van der Waals surface area contributed by atoms with Crippen LogP contribution in [0.4, 0.5) is 0 Å². The van der Waals surface area contributed by atoms with Crippen LogP contribution in [0, 0.1) is 17.4 Å². The van der Waals surface area contributed by atoms with Crippen LogP contribution in [0.3, 0.4) is 0 Å². The van der Waals surface area contributed by atoms with E-state index in [9.17, 15) is 10.4 Å². The van der Waals surface area contributed by atoms with Crippen LogP contribution in [0.15, 0.2) is 109 Å². The number of nitrogens with zero attached hydrogens (tertiary/aromatic N) is 4. The molecule has 0 amide bonds. The van der Waals surface area contributed by atoms with Gasteiger partial charge < -0.3 is 5.11 Å². The second-order valence-electron chi connectivity index (χ2n) is 8.28. The van der Waals surface area contributed by atoms with Crippen molar-refractivity contribution in [3.05, 3.63) is 121 Å². The van der Waals surface area contributed by atoms with Crippen molar-refractivity contribution in [2.24, 2.45) is 0 Å². The fourth-order valence-corrected chi connectivity index (χ4v) is 4.45. The van der Waals surface area contributed by atoms with E-state index in [0.717, 1.165) is 28.0 Å². The summed E-state index contributed by atoms with van der Waals surface area (Å²) in [6.45, 7) is 0. The maximum absolute atomic E-state index is 10.7. The van der Waals surface area contributed by atoms with Crippen molar-refractivity contribution in [3.8, 4) is 51.3 Å². The van der Waals surface area contributed by atoms with Crippen LogP contribution >= 0.6 is 0 Å². The van der Waals surface area contributed by atoms with Gasteiger partial charge in [-0.2, -0.15) is 0 Å². The summed E-state index contributed by atoms with van der Waals surface area (Å²) in [6.07, 6.45) is 1.74. The molecule has 0 bridgehead atoms. The van der Waals surface area contributed by atoms with Crippen LogP contribution in [0.5, 0.6) is 5.75 Å². The molecule has 0 aliphatic carbocycles. The number of imidazole rings is 1. The third-order valence-corrected chi connectivity index (χ3v) is 6.12. The Morgan fingerprint density at radius 1 is 0.784 bits per heavy atom. The second-order valence-corrected chi connectivity index (χ2v) is 8.28. The quantitative estimate of drug-likeness (QED) is 0.212. The number of rotatable bonds is 4.